The molecule has 0 heterocycles. The predicted molar refractivity (Wildman–Crippen MR) is 85.5 cm³/mol. The number of nitrogens with zero attached hydrogens (tertiary/aromatic N) is 1. The van der Waals surface area contributed by atoms with Crippen LogP contribution in [0.25, 0.3) is 0 Å². The van der Waals surface area contributed by atoms with Crippen LogP contribution in [-0.4, -0.2) is 5.97 Å². The average Bonchev–Trinajstić information content (AvgIpc) is 2.54. The van der Waals surface area contributed by atoms with E-state index in [-0.39, 0.29) is 0 Å². The molecule has 0 spiro atoms. The molecule has 2 aromatic carbocycles. The highest BCUT2D eigenvalue weighted by Crippen LogP contribution is 2.23. The van der Waals surface area contributed by atoms with Gasteiger partial charge in [0.05, 0.1) is 0 Å². The van der Waals surface area contributed by atoms with Gasteiger partial charge in [0.1, 0.15) is 46.2 Å². The Balaban J connectivity index is 2.26. The monoisotopic (exact) mass is 363 g/mol. The summed E-state index contributed by atoms with van der Waals surface area (Å²) in [5.41, 5.74) is -1.47. The maximum absolute atomic E-state index is 14.1. The third-order valence-electron chi connectivity index (χ3n) is 3.48. The van der Waals surface area contributed by atoms with Crippen LogP contribution in [0.2, 0.25) is 0 Å². The molecule has 0 saturated heterocycles. The Morgan fingerprint density at radius 2 is 1.65 bits per heavy atom. The van der Waals surface area contributed by atoms with Gasteiger partial charge in [0, 0.05) is 12.1 Å². The van der Waals surface area contributed by atoms with E-state index in [0.717, 1.165) is 12.1 Å². The smallest absolute Gasteiger partial charge is 0.349 e. The molecule has 2 aromatic rings. The van der Waals surface area contributed by atoms with Crippen molar-refractivity contribution in [3.8, 4) is 11.8 Å². The minimum atomic E-state index is -1.44. The number of hydrogen-bond donors (Lipinski definition) is 0. The second kappa shape index (κ2) is 8.30. The topological polar surface area (TPSA) is 50.1 Å². The first-order valence-electron chi connectivity index (χ1n) is 7.57. The van der Waals surface area contributed by atoms with E-state index in [4.69, 9.17) is 5.26 Å². The molecule has 0 bridgehead atoms. The molecule has 0 aliphatic heterocycles. The van der Waals surface area contributed by atoms with Gasteiger partial charge in [-0.2, -0.15) is 5.26 Å². The van der Waals surface area contributed by atoms with Crippen molar-refractivity contribution >= 4 is 5.97 Å². The second-order valence-corrected chi connectivity index (χ2v) is 5.31. The number of halogens is 4. The van der Waals surface area contributed by atoms with Crippen molar-refractivity contribution in [1.82, 2.24) is 0 Å². The summed E-state index contributed by atoms with van der Waals surface area (Å²) in [5, 5.41) is 8.59. The summed E-state index contributed by atoms with van der Waals surface area (Å²) in [6, 6.07) is 4.48. The van der Waals surface area contributed by atoms with Crippen LogP contribution in [0.4, 0.5) is 17.6 Å². The summed E-state index contributed by atoms with van der Waals surface area (Å²) in [6.45, 7) is 1.81. The van der Waals surface area contributed by atoms with E-state index in [1.165, 1.54) is 6.07 Å². The van der Waals surface area contributed by atoms with E-state index in [1.807, 2.05) is 13.0 Å². The van der Waals surface area contributed by atoms with Crippen LogP contribution in [0, 0.1) is 34.6 Å². The first-order chi connectivity index (χ1) is 12.4. The van der Waals surface area contributed by atoms with E-state index in [2.05, 4.69) is 4.74 Å². The minimum Gasteiger partial charge on any atom is -0.423 e. The lowest BCUT2D eigenvalue weighted by Gasteiger charge is -2.09. The Morgan fingerprint density at radius 1 is 1.08 bits per heavy atom. The third kappa shape index (κ3) is 4.28. The number of ether oxygens (including phenoxy) is 1. The average molecular weight is 363 g/mol. The van der Waals surface area contributed by atoms with Crippen molar-refractivity contribution in [3.05, 3.63) is 76.4 Å². The first kappa shape index (κ1) is 19.2. The predicted octanol–water partition coefficient (Wildman–Crippen LogP) is 4.84. The van der Waals surface area contributed by atoms with Gasteiger partial charge in [-0.05, 0) is 37.5 Å². The zero-order valence-electron chi connectivity index (χ0n) is 13.7. The molecular weight excluding hydrogens is 350 g/mol. The van der Waals surface area contributed by atoms with Gasteiger partial charge in [0.2, 0.25) is 0 Å². The molecule has 7 heteroatoms. The van der Waals surface area contributed by atoms with Gasteiger partial charge in [-0.25, -0.2) is 22.4 Å². The Hall–Kier alpha value is -3.14. The van der Waals surface area contributed by atoms with Crippen molar-refractivity contribution in [3.63, 3.8) is 0 Å². The molecule has 0 radical (unpaired) electrons. The molecule has 0 aromatic heterocycles. The molecule has 0 N–H and O–H groups in total. The second-order valence-electron chi connectivity index (χ2n) is 5.31. The molecule has 0 fully saturated rings. The van der Waals surface area contributed by atoms with Gasteiger partial charge < -0.3 is 4.74 Å². The van der Waals surface area contributed by atoms with Gasteiger partial charge in [0.15, 0.2) is 0 Å². The number of carbonyl (C=O) groups is 1. The lowest BCUT2D eigenvalue weighted by Crippen LogP contribution is -2.14. The van der Waals surface area contributed by atoms with Crippen molar-refractivity contribution in [1.29, 1.82) is 5.26 Å². The zero-order valence-corrected chi connectivity index (χ0v) is 13.7. The minimum absolute atomic E-state index is 0.352. The largest absolute Gasteiger partial charge is 0.423 e. The van der Waals surface area contributed by atoms with Crippen molar-refractivity contribution < 1.29 is 27.1 Å². The molecule has 0 amide bonds. The maximum atomic E-state index is 14.1. The lowest BCUT2D eigenvalue weighted by atomic mass is 10.1. The summed E-state index contributed by atoms with van der Waals surface area (Å²) >= 11 is 0. The van der Waals surface area contributed by atoms with Crippen LogP contribution in [0.15, 0.2) is 36.4 Å². The van der Waals surface area contributed by atoms with Crippen molar-refractivity contribution in [2.45, 2.75) is 19.8 Å². The van der Waals surface area contributed by atoms with E-state index < -0.39 is 46.1 Å². The number of nitriles is 1. The number of rotatable bonds is 5. The first-order valence-corrected chi connectivity index (χ1v) is 7.57. The zero-order chi connectivity index (χ0) is 19.3. The molecule has 0 aliphatic carbocycles. The summed E-state index contributed by atoms with van der Waals surface area (Å²) in [4.78, 5) is 12.0. The molecule has 3 nitrogen and oxygen atoms in total. The van der Waals surface area contributed by atoms with Crippen molar-refractivity contribution in [2.75, 3.05) is 0 Å². The Bertz CT molecular complexity index is 870. The highest BCUT2D eigenvalue weighted by molar-refractivity contribution is 5.91. The van der Waals surface area contributed by atoms with E-state index in [0.29, 0.717) is 30.5 Å². The number of benzene rings is 2. The highest BCUT2D eigenvalue weighted by Gasteiger charge is 2.22. The molecule has 134 valence electrons. The number of esters is 1. The molecule has 0 saturated carbocycles. The molecular formula is C19H13F4NO2. The Morgan fingerprint density at radius 3 is 2.15 bits per heavy atom. The van der Waals surface area contributed by atoms with Gasteiger partial charge in [0.25, 0.3) is 0 Å². The summed E-state index contributed by atoms with van der Waals surface area (Å²) in [6.07, 6.45) is 4.57. The SMILES string of the molecule is CC=CCCc1cc(F)c(C(=O)Oc2cc(F)c(C#N)c(F)c2)c(F)c1. The maximum Gasteiger partial charge on any atom is 0.349 e. The van der Waals surface area contributed by atoms with E-state index >= 15 is 0 Å². The van der Waals surface area contributed by atoms with Crippen LogP contribution < -0.4 is 4.74 Å². The van der Waals surface area contributed by atoms with Crippen LogP contribution in [0.1, 0.15) is 34.8 Å². The number of hydrogen-bond acceptors (Lipinski definition) is 3. The molecule has 0 aliphatic rings. The quantitative estimate of drug-likeness (QED) is 0.330. The van der Waals surface area contributed by atoms with Crippen LogP contribution in [0.3, 0.4) is 0 Å². The number of carbonyl (C=O) groups excluding carboxylic acids is 1. The van der Waals surface area contributed by atoms with Gasteiger partial charge in [-0.15, -0.1) is 0 Å². The summed E-state index contributed by atoms with van der Waals surface area (Å²) < 4.78 is 59.9. The lowest BCUT2D eigenvalue weighted by molar-refractivity contribution is 0.0723. The molecule has 2 rings (SSSR count). The fourth-order valence-corrected chi connectivity index (χ4v) is 2.26. The Labute approximate surface area is 147 Å². The van der Waals surface area contributed by atoms with E-state index in [9.17, 15) is 22.4 Å². The van der Waals surface area contributed by atoms with Crippen LogP contribution >= 0.6 is 0 Å². The fraction of sp³-hybridized carbons (Fsp3) is 0.158. The summed E-state index contributed by atoms with van der Waals surface area (Å²) in [5.74, 6) is -6.84. The third-order valence-corrected chi connectivity index (χ3v) is 3.48. The van der Waals surface area contributed by atoms with Crippen LogP contribution in [-0.2, 0) is 6.42 Å². The molecule has 0 atom stereocenters. The highest BCUT2D eigenvalue weighted by atomic mass is 19.1. The number of aryl methyl sites for hydroxylation is 1. The summed E-state index contributed by atoms with van der Waals surface area (Å²) in [7, 11) is 0. The van der Waals surface area contributed by atoms with Crippen molar-refractivity contribution in [2.24, 2.45) is 0 Å². The molecule has 26 heavy (non-hydrogen) atoms. The fourth-order valence-electron chi connectivity index (χ4n) is 2.26. The van der Waals surface area contributed by atoms with Gasteiger partial charge in [-0.3, -0.25) is 0 Å². The van der Waals surface area contributed by atoms with Gasteiger partial charge >= 0.3 is 5.97 Å². The molecule has 0 unspecified atom stereocenters. The van der Waals surface area contributed by atoms with E-state index in [1.54, 1.807) is 6.08 Å². The van der Waals surface area contributed by atoms with Gasteiger partial charge in [-0.1, -0.05) is 12.2 Å². The standard InChI is InChI=1S/C19H13F4NO2/c1-2-3-4-5-11-6-16(22)18(17(23)7-11)19(25)26-12-8-14(20)13(10-24)15(21)9-12/h2-3,6-9H,4-5H2,1H3. The normalized spacial score (nSPS) is 10.8. The Kier molecular flexibility index (Phi) is 6.12. The van der Waals surface area contributed by atoms with Crippen LogP contribution in [0.5, 0.6) is 5.75 Å². The number of allylic oxidation sites excluding steroid dienone is 2.